The minimum absolute atomic E-state index is 0.169. The summed E-state index contributed by atoms with van der Waals surface area (Å²) in [7, 11) is 0. The van der Waals surface area contributed by atoms with E-state index in [0.717, 1.165) is 15.0 Å². The molecule has 0 bridgehead atoms. The number of fused-ring (bicyclic) bond motifs is 1. The van der Waals surface area contributed by atoms with Crippen LogP contribution in [0.5, 0.6) is 0 Å². The maximum absolute atomic E-state index is 12.9. The summed E-state index contributed by atoms with van der Waals surface area (Å²) in [4.78, 5) is 38.2. The Morgan fingerprint density at radius 1 is 1.19 bits per heavy atom. The summed E-state index contributed by atoms with van der Waals surface area (Å²) in [5, 5.41) is 3.99. The average Bonchev–Trinajstić information content (AvgIpc) is 3.04. The van der Waals surface area contributed by atoms with E-state index in [1.165, 1.54) is 0 Å². The van der Waals surface area contributed by atoms with Crippen molar-refractivity contribution in [1.82, 2.24) is 5.32 Å². The number of thiophene rings is 1. The van der Waals surface area contributed by atoms with Crippen LogP contribution in [0.4, 0.5) is 0 Å². The topological polar surface area (TPSA) is 72.5 Å². The second-order valence-corrected chi connectivity index (χ2v) is 8.27. The third-order valence-electron chi connectivity index (χ3n) is 4.99. The highest BCUT2D eigenvalue weighted by atomic mass is 32.1. The summed E-state index contributed by atoms with van der Waals surface area (Å²) in [6, 6.07) is 9.98. The van der Waals surface area contributed by atoms with Crippen molar-refractivity contribution in [2.75, 3.05) is 6.61 Å². The van der Waals surface area contributed by atoms with Crippen molar-refractivity contribution in [3.05, 3.63) is 35.2 Å². The number of amides is 1. The van der Waals surface area contributed by atoms with Gasteiger partial charge in [-0.25, -0.2) is 0 Å². The standard InChI is InChI=1S/C21H27NO4S/c1-6-26-19(24)12-18(23)21(5,13(2)3)22-20(25)14(4)17-11-15-9-7-8-10-16(15)27-17/h7-11,13-14H,6,12H2,1-5H3,(H,22,25). The van der Waals surface area contributed by atoms with Gasteiger partial charge in [-0.3, -0.25) is 14.4 Å². The predicted octanol–water partition coefficient (Wildman–Crippen LogP) is 4.06. The fourth-order valence-corrected chi connectivity index (χ4v) is 3.89. The lowest BCUT2D eigenvalue weighted by Gasteiger charge is -2.34. The van der Waals surface area contributed by atoms with E-state index >= 15 is 0 Å². The monoisotopic (exact) mass is 389 g/mol. The molecule has 2 unspecified atom stereocenters. The molecule has 6 heteroatoms. The minimum Gasteiger partial charge on any atom is -0.466 e. The van der Waals surface area contributed by atoms with Gasteiger partial charge in [-0.15, -0.1) is 11.3 Å². The number of benzene rings is 1. The summed E-state index contributed by atoms with van der Waals surface area (Å²) in [6.07, 6.45) is -0.347. The molecular formula is C21H27NO4S. The van der Waals surface area contributed by atoms with Crippen molar-refractivity contribution in [2.24, 2.45) is 5.92 Å². The molecule has 1 aromatic carbocycles. The molecule has 146 valence electrons. The molecule has 0 saturated carbocycles. The Labute approximate surface area is 164 Å². The zero-order valence-electron chi connectivity index (χ0n) is 16.5. The first-order valence-corrected chi connectivity index (χ1v) is 10.00. The number of hydrogen-bond acceptors (Lipinski definition) is 5. The number of esters is 1. The van der Waals surface area contributed by atoms with Crippen LogP contribution in [-0.2, 0) is 19.1 Å². The van der Waals surface area contributed by atoms with Gasteiger partial charge in [-0.05, 0) is 44.2 Å². The highest BCUT2D eigenvalue weighted by molar-refractivity contribution is 7.19. The Bertz CT molecular complexity index is 809. The highest BCUT2D eigenvalue weighted by Gasteiger charge is 2.40. The van der Waals surface area contributed by atoms with Gasteiger partial charge in [0.2, 0.25) is 5.91 Å². The minimum atomic E-state index is -1.13. The number of nitrogens with one attached hydrogen (secondary N) is 1. The lowest BCUT2D eigenvalue weighted by molar-refractivity contribution is -0.148. The molecule has 27 heavy (non-hydrogen) atoms. The molecule has 2 aromatic rings. The molecule has 0 radical (unpaired) electrons. The number of ketones is 1. The number of Topliss-reactive ketones (excluding diaryl/α,β-unsaturated/α-hetero) is 1. The van der Waals surface area contributed by atoms with Crippen molar-refractivity contribution < 1.29 is 19.1 Å². The van der Waals surface area contributed by atoms with Crippen molar-refractivity contribution in [2.45, 2.75) is 52.5 Å². The van der Waals surface area contributed by atoms with E-state index in [2.05, 4.69) is 5.32 Å². The van der Waals surface area contributed by atoms with Crippen LogP contribution in [0.15, 0.2) is 30.3 Å². The van der Waals surface area contributed by atoms with Crippen LogP contribution in [0.2, 0.25) is 0 Å². The van der Waals surface area contributed by atoms with Crippen molar-refractivity contribution >= 4 is 39.1 Å². The van der Waals surface area contributed by atoms with Crippen molar-refractivity contribution in [3.8, 4) is 0 Å². The molecule has 0 fully saturated rings. The van der Waals surface area contributed by atoms with Gasteiger partial charge in [0.1, 0.15) is 6.42 Å². The molecule has 1 amide bonds. The SMILES string of the molecule is CCOC(=O)CC(=O)C(C)(NC(=O)C(C)c1cc2ccccc2s1)C(C)C. The summed E-state index contributed by atoms with van der Waals surface area (Å²) in [6.45, 7) is 9.13. The number of hydrogen-bond donors (Lipinski definition) is 1. The Balaban J connectivity index is 2.17. The van der Waals surface area contributed by atoms with Gasteiger partial charge in [-0.1, -0.05) is 32.0 Å². The van der Waals surface area contributed by atoms with E-state index in [0.29, 0.717) is 0 Å². The lowest BCUT2D eigenvalue weighted by Crippen LogP contribution is -2.57. The summed E-state index contributed by atoms with van der Waals surface area (Å²) < 4.78 is 5.99. The molecule has 1 N–H and O–H groups in total. The zero-order valence-corrected chi connectivity index (χ0v) is 17.3. The third-order valence-corrected chi connectivity index (χ3v) is 6.29. The quantitative estimate of drug-likeness (QED) is 0.546. The van der Waals surface area contributed by atoms with E-state index in [9.17, 15) is 14.4 Å². The molecule has 0 aliphatic heterocycles. The maximum atomic E-state index is 12.9. The molecule has 1 heterocycles. The molecule has 5 nitrogen and oxygen atoms in total. The first-order chi connectivity index (χ1) is 12.7. The first-order valence-electron chi connectivity index (χ1n) is 9.18. The predicted molar refractivity (Wildman–Crippen MR) is 108 cm³/mol. The van der Waals surface area contributed by atoms with Gasteiger partial charge in [0.25, 0.3) is 0 Å². The molecule has 0 aliphatic rings. The molecule has 0 saturated heterocycles. The Kier molecular flexibility index (Phi) is 6.76. The summed E-state index contributed by atoms with van der Waals surface area (Å²) in [5.74, 6) is -1.70. The molecule has 0 aliphatic carbocycles. The Morgan fingerprint density at radius 3 is 2.44 bits per heavy atom. The highest BCUT2D eigenvalue weighted by Crippen LogP contribution is 2.31. The van der Waals surface area contributed by atoms with Gasteiger partial charge in [0.15, 0.2) is 5.78 Å². The first kappa shape index (κ1) is 21.1. The molecular weight excluding hydrogens is 362 g/mol. The smallest absolute Gasteiger partial charge is 0.313 e. The van der Waals surface area contributed by atoms with Crippen molar-refractivity contribution in [3.63, 3.8) is 0 Å². The number of ether oxygens (including phenoxy) is 1. The largest absolute Gasteiger partial charge is 0.466 e. The fraction of sp³-hybridized carbons (Fsp3) is 0.476. The second-order valence-electron chi connectivity index (χ2n) is 7.16. The maximum Gasteiger partial charge on any atom is 0.313 e. The van der Waals surface area contributed by atoms with Gasteiger partial charge in [-0.2, -0.15) is 0 Å². The van der Waals surface area contributed by atoms with Crippen LogP contribution in [-0.4, -0.2) is 29.8 Å². The van der Waals surface area contributed by atoms with E-state index in [-0.39, 0.29) is 30.6 Å². The fourth-order valence-electron chi connectivity index (χ4n) is 2.77. The Morgan fingerprint density at radius 2 is 1.85 bits per heavy atom. The van der Waals surface area contributed by atoms with Gasteiger partial charge >= 0.3 is 5.97 Å². The zero-order chi connectivity index (χ0) is 20.2. The van der Waals surface area contributed by atoms with E-state index in [1.807, 2.05) is 51.1 Å². The van der Waals surface area contributed by atoms with Crippen molar-refractivity contribution in [1.29, 1.82) is 0 Å². The summed E-state index contributed by atoms with van der Waals surface area (Å²) >= 11 is 1.57. The normalized spacial score (nSPS) is 14.6. The average molecular weight is 390 g/mol. The number of carbonyl (C=O) groups is 3. The van der Waals surface area contributed by atoms with Crippen LogP contribution in [0, 0.1) is 5.92 Å². The van der Waals surface area contributed by atoms with Gasteiger partial charge in [0.05, 0.1) is 18.1 Å². The molecule has 2 atom stereocenters. The second kappa shape index (κ2) is 8.65. The van der Waals surface area contributed by atoms with Crippen LogP contribution < -0.4 is 5.32 Å². The molecule has 2 rings (SSSR count). The van der Waals surface area contributed by atoms with E-state index in [4.69, 9.17) is 4.74 Å². The van der Waals surface area contributed by atoms with Gasteiger partial charge < -0.3 is 10.1 Å². The van der Waals surface area contributed by atoms with Gasteiger partial charge in [0, 0.05) is 9.58 Å². The van der Waals surface area contributed by atoms with Crippen LogP contribution >= 0.6 is 11.3 Å². The van der Waals surface area contributed by atoms with Crippen LogP contribution in [0.1, 0.15) is 51.8 Å². The third kappa shape index (κ3) is 4.75. The summed E-state index contributed by atoms with van der Waals surface area (Å²) in [5.41, 5.74) is -1.13. The number of carbonyl (C=O) groups excluding carboxylic acids is 3. The van der Waals surface area contributed by atoms with Crippen LogP contribution in [0.25, 0.3) is 10.1 Å². The number of rotatable bonds is 8. The van der Waals surface area contributed by atoms with Crippen LogP contribution in [0.3, 0.4) is 0 Å². The lowest BCUT2D eigenvalue weighted by atomic mass is 9.82. The molecule has 1 aromatic heterocycles. The van der Waals surface area contributed by atoms with E-state index in [1.54, 1.807) is 25.2 Å². The molecule has 0 spiro atoms. The Hall–Kier alpha value is -2.21. The van der Waals surface area contributed by atoms with E-state index < -0.39 is 17.4 Å².